The molecule has 1 aromatic heterocycles. The van der Waals surface area contributed by atoms with Gasteiger partial charge in [0.15, 0.2) is 11.9 Å². The zero-order valence-corrected chi connectivity index (χ0v) is 26.6. The highest BCUT2D eigenvalue weighted by Crippen LogP contribution is 2.63. The lowest BCUT2D eigenvalue weighted by Gasteiger charge is -2.66. The van der Waals surface area contributed by atoms with Gasteiger partial charge in [0.1, 0.15) is 35.3 Å². The largest absolute Gasteiger partial charge is 0.469 e. The molecular formula is C35H42O11. The molecule has 8 unspecified atom stereocenters. The predicted molar refractivity (Wildman–Crippen MR) is 161 cm³/mol. The minimum atomic E-state index is -2.09. The predicted octanol–water partition coefficient (Wildman–Crippen LogP) is 2.85. The third-order valence-corrected chi connectivity index (χ3v) is 11.5. The summed E-state index contributed by atoms with van der Waals surface area (Å²) in [6, 6.07) is 11.4. The Morgan fingerprint density at radius 3 is 2.35 bits per heavy atom. The van der Waals surface area contributed by atoms with Crippen LogP contribution in [0.5, 0.6) is 0 Å². The maximum absolute atomic E-state index is 14.5. The number of esters is 2. The van der Waals surface area contributed by atoms with Crippen molar-refractivity contribution >= 4 is 17.7 Å². The maximum Gasteiger partial charge on any atom is 0.338 e. The number of carbonyl (C=O) groups is 3. The Morgan fingerprint density at radius 2 is 1.74 bits per heavy atom. The molecule has 4 aliphatic rings. The molecule has 1 saturated heterocycles. The minimum absolute atomic E-state index is 0.136. The summed E-state index contributed by atoms with van der Waals surface area (Å²) in [5.41, 5.74) is -5.92. The molecule has 1 aromatic carbocycles. The first-order chi connectivity index (χ1) is 21.6. The summed E-state index contributed by atoms with van der Waals surface area (Å²) in [5, 5.41) is 47.9. The normalized spacial score (nSPS) is 37.8. The third-order valence-electron chi connectivity index (χ3n) is 11.5. The quantitative estimate of drug-likeness (QED) is 0.271. The lowest BCUT2D eigenvalue weighted by Crippen LogP contribution is -2.78. The van der Waals surface area contributed by atoms with Gasteiger partial charge in [-0.05, 0) is 55.2 Å². The number of Topliss-reactive ketones (excluding diaryl/α,β-unsaturated/α-hetero) is 1. The van der Waals surface area contributed by atoms with Crippen LogP contribution in [0.25, 0.3) is 0 Å². The van der Waals surface area contributed by atoms with Gasteiger partial charge in [0.25, 0.3) is 0 Å². The number of hydrogen-bond donors (Lipinski definition) is 4. The molecule has 2 aromatic rings. The number of carbonyl (C=O) groups excluding carboxylic acids is 3. The first kappa shape index (κ1) is 32.6. The molecule has 3 fully saturated rings. The summed E-state index contributed by atoms with van der Waals surface area (Å²) in [6.07, 6.45) is -5.13. The van der Waals surface area contributed by atoms with E-state index in [9.17, 15) is 34.8 Å². The van der Waals surface area contributed by atoms with Gasteiger partial charge in [-0.2, -0.15) is 0 Å². The standard InChI is InChI=1S/C35H42O11/c1-18-22(45-31(40)25(36)19(2)21-12-9-15-43-21)16-35(42)29(46-30(39)20-10-7-6-8-11-20)27-33(5,14-13-23-34(27,41)17-44-23)28(38)26(37)24(18)32(35,3)4/h6-12,15,19,22-23,25-27,29,36-37,41-42H,13-14,16-17H2,1-5H3/t19?,22?,23?,25?,26?,27?,29?,33-,34+,35?/m1/s1. The van der Waals surface area contributed by atoms with E-state index in [0.29, 0.717) is 17.8 Å². The number of furan rings is 1. The van der Waals surface area contributed by atoms with E-state index in [1.807, 2.05) is 0 Å². The van der Waals surface area contributed by atoms with Crippen molar-refractivity contribution in [1.29, 1.82) is 0 Å². The van der Waals surface area contributed by atoms with Crippen molar-refractivity contribution in [2.45, 2.75) is 102 Å². The number of benzene rings is 1. The topological polar surface area (TPSA) is 173 Å². The average Bonchev–Trinajstić information content (AvgIpc) is 3.56. The SMILES string of the molecule is CC1=C2C(O)C(=O)[C@]3(C)CCC4OC[C@@]4(O)C3C(OC(=O)c3ccccc3)C(O)(CC1OC(=O)C(O)C(C)c1ccco1)C2(C)C. The van der Waals surface area contributed by atoms with Crippen LogP contribution in [0, 0.1) is 16.7 Å². The van der Waals surface area contributed by atoms with E-state index in [0.717, 1.165) is 0 Å². The van der Waals surface area contributed by atoms with Crippen molar-refractivity contribution in [3.05, 3.63) is 71.2 Å². The second-order valence-electron chi connectivity index (χ2n) is 14.2. The number of hydrogen-bond acceptors (Lipinski definition) is 11. The summed E-state index contributed by atoms with van der Waals surface area (Å²) in [6.45, 7) is 7.97. The monoisotopic (exact) mass is 638 g/mol. The highest BCUT2D eigenvalue weighted by atomic mass is 16.6. The number of ketones is 1. The molecule has 2 bridgehead atoms. The number of rotatable bonds is 6. The van der Waals surface area contributed by atoms with Crippen LogP contribution in [0.15, 0.2) is 64.3 Å². The number of ether oxygens (including phenoxy) is 3. The van der Waals surface area contributed by atoms with Crippen LogP contribution in [-0.2, 0) is 23.8 Å². The fourth-order valence-electron chi connectivity index (χ4n) is 8.52. The van der Waals surface area contributed by atoms with Crippen LogP contribution < -0.4 is 0 Å². The van der Waals surface area contributed by atoms with Crippen molar-refractivity contribution in [2.24, 2.45) is 16.7 Å². The van der Waals surface area contributed by atoms with E-state index in [1.165, 1.54) is 6.26 Å². The molecule has 10 atom stereocenters. The number of fused-ring (bicyclic) bond motifs is 5. The number of aliphatic hydroxyl groups excluding tert-OH is 2. The van der Waals surface area contributed by atoms with Crippen LogP contribution >= 0.6 is 0 Å². The summed E-state index contributed by atoms with van der Waals surface area (Å²) in [7, 11) is 0. The first-order valence-corrected chi connectivity index (χ1v) is 15.8. The van der Waals surface area contributed by atoms with E-state index >= 15 is 0 Å². The number of aliphatic hydroxyl groups is 4. The van der Waals surface area contributed by atoms with Crippen LogP contribution in [0.1, 0.15) is 75.9 Å². The molecule has 1 aliphatic heterocycles. The van der Waals surface area contributed by atoms with E-state index in [-0.39, 0.29) is 30.6 Å². The molecule has 248 valence electrons. The maximum atomic E-state index is 14.5. The van der Waals surface area contributed by atoms with Gasteiger partial charge in [-0.25, -0.2) is 9.59 Å². The van der Waals surface area contributed by atoms with Gasteiger partial charge < -0.3 is 39.1 Å². The molecule has 0 spiro atoms. The molecule has 11 nitrogen and oxygen atoms in total. The molecule has 3 aliphatic carbocycles. The fourth-order valence-corrected chi connectivity index (χ4v) is 8.52. The molecular weight excluding hydrogens is 596 g/mol. The van der Waals surface area contributed by atoms with Crippen molar-refractivity contribution in [2.75, 3.05) is 6.61 Å². The fraction of sp³-hybridized carbons (Fsp3) is 0.571. The van der Waals surface area contributed by atoms with Crippen molar-refractivity contribution < 1.29 is 53.4 Å². The summed E-state index contributed by atoms with van der Waals surface area (Å²) in [5.74, 6) is -3.96. The molecule has 46 heavy (non-hydrogen) atoms. The van der Waals surface area contributed by atoms with Crippen molar-refractivity contribution in [3.8, 4) is 0 Å². The Morgan fingerprint density at radius 1 is 1.04 bits per heavy atom. The Labute approximate surface area is 267 Å². The highest BCUT2D eigenvalue weighted by Gasteiger charge is 2.74. The van der Waals surface area contributed by atoms with Crippen LogP contribution in [0.3, 0.4) is 0 Å². The molecule has 6 rings (SSSR count). The van der Waals surface area contributed by atoms with Gasteiger partial charge in [-0.3, -0.25) is 4.79 Å². The minimum Gasteiger partial charge on any atom is -0.469 e. The van der Waals surface area contributed by atoms with Crippen molar-refractivity contribution in [3.63, 3.8) is 0 Å². The van der Waals surface area contributed by atoms with Crippen molar-refractivity contribution in [1.82, 2.24) is 0 Å². The van der Waals surface area contributed by atoms with Crippen LogP contribution in [-0.4, -0.2) is 86.5 Å². The van der Waals surface area contributed by atoms with Gasteiger partial charge in [0.05, 0.1) is 30.5 Å². The lowest BCUT2D eigenvalue weighted by atomic mass is 9.45. The molecule has 11 heteroatoms. The molecule has 2 heterocycles. The van der Waals surface area contributed by atoms with E-state index in [4.69, 9.17) is 18.6 Å². The van der Waals surface area contributed by atoms with E-state index in [1.54, 1.807) is 77.1 Å². The molecule has 2 saturated carbocycles. The van der Waals surface area contributed by atoms with Crippen LogP contribution in [0.4, 0.5) is 0 Å². The zero-order chi connectivity index (χ0) is 33.4. The Kier molecular flexibility index (Phi) is 7.88. The van der Waals surface area contributed by atoms with Gasteiger partial charge in [-0.1, -0.05) is 45.9 Å². The highest BCUT2D eigenvalue weighted by molar-refractivity contribution is 5.93. The Bertz CT molecular complexity index is 1550. The van der Waals surface area contributed by atoms with E-state index in [2.05, 4.69) is 0 Å². The zero-order valence-electron chi connectivity index (χ0n) is 26.6. The second kappa shape index (κ2) is 11.1. The van der Waals surface area contributed by atoms with Gasteiger partial charge >= 0.3 is 11.9 Å². The molecule has 4 N–H and O–H groups in total. The van der Waals surface area contributed by atoms with Gasteiger partial charge in [0.2, 0.25) is 0 Å². The Hall–Kier alpha value is -3.35. The van der Waals surface area contributed by atoms with Gasteiger partial charge in [0, 0.05) is 23.2 Å². The lowest BCUT2D eigenvalue weighted by molar-refractivity contribution is -0.329. The van der Waals surface area contributed by atoms with Gasteiger partial charge in [-0.15, -0.1) is 0 Å². The Balaban J connectivity index is 1.48. The summed E-state index contributed by atoms with van der Waals surface area (Å²) >= 11 is 0. The third kappa shape index (κ3) is 4.62. The molecule has 0 amide bonds. The smallest absolute Gasteiger partial charge is 0.338 e. The second-order valence-corrected chi connectivity index (χ2v) is 14.2. The average molecular weight is 639 g/mol. The first-order valence-electron chi connectivity index (χ1n) is 15.8. The summed E-state index contributed by atoms with van der Waals surface area (Å²) < 4.78 is 23.1. The summed E-state index contributed by atoms with van der Waals surface area (Å²) in [4.78, 5) is 41.6. The molecule has 0 radical (unpaired) electrons. The van der Waals surface area contributed by atoms with Crippen LogP contribution in [0.2, 0.25) is 0 Å². The van der Waals surface area contributed by atoms with E-state index < -0.39 is 82.1 Å².